The molecule has 0 aromatic carbocycles. The highest BCUT2D eigenvalue weighted by atomic mass is 35.5. The van der Waals surface area contributed by atoms with Gasteiger partial charge in [0.15, 0.2) is 5.69 Å². The van der Waals surface area contributed by atoms with E-state index in [1.165, 1.54) is 32.1 Å². The SMILES string of the molecule is Cl.O=C(NC1CC2CC1C1CCCC21)c1cn(C2CCNCC2)nn1. The minimum Gasteiger partial charge on any atom is -0.348 e. The normalized spacial score (nSPS) is 36.9. The molecule has 7 heteroatoms. The van der Waals surface area contributed by atoms with E-state index in [0.717, 1.165) is 43.7 Å². The van der Waals surface area contributed by atoms with E-state index in [9.17, 15) is 4.79 Å². The van der Waals surface area contributed by atoms with Crippen molar-refractivity contribution in [2.45, 2.75) is 57.0 Å². The maximum Gasteiger partial charge on any atom is 0.273 e. The molecule has 0 spiro atoms. The number of carbonyl (C=O) groups excluding carboxylic acids is 1. The number of nitrogens with one attached hydrogen (secondary N) is 2. The first kappa shape index (κ1) is 17.3. The molecule has 0 radical (unpaired) electrons. The van der Waals surface area contributed by atoms with Gasteiger partial charge in [0.05, 0.1) is 12.2 Å². The number of piperidine rings is 1. The van der Waals surface area contributed by atoms with Crippen LogP contribution in [-0.4, -0.2) is 40.0 Å². The Balaban J connectivity index is 0.00000157. The summed E-state index contributed by atoms with van der Waals surface area (Å²) in [5.41, 5.74) is 0.485. The summed E-state index contributed by atoms with van der Waals surface area (Å²) in [4.78, 5) is 12.6. The van der Waals surface area contributed by atoms with Crippen molar-refractivity contribution in [3.8, 4) is 0 Å². The first-order chi connectivity index (χ1) is 11.8. The maximum absolute atomic E-state index is 12.6. The molecular formula is C18H28ClN5O. The van der Waals surface area contributed by atoms with E-state index in [1.54, 1.807) is 0 Å². The van der Waals surface area contributed by atoms with Crippen LogP contribution in [0.25, 0.3) is 0 Å². The average Bonchev–Trinajstić information content (AvgIpc) is 3.36. The zero-order valence-electron chi connectivity index (χ0n) is 14.6. The van der Waals surface area contributed by atoms with Gasteiger partial charge in [0, 0.05) is 6.04 Å². The molecule has 6 nitrogen and oxygen atoms in total. The van der Waals surface area contributed by atoms with Crippen LogP contribution in [0.1, 0.15) is 61.5 Å². The van der Waals surface area contributed by atoms with Gasteiger partial charge in [0.2, 0.25) is 0 Å². The van der Waals surface area contributed by atoms with Gasteiger partial charge in [-0.3, -0.25) is 4.79 Å². The molecule has 138 valence electrons. The van der Waals surface area contributed by atoms with E-state index in [-0.39, 0.29) is 18.3 Å². The standard InChI is InChI=1S/C18H27N5O.ClH/c24-18(17-10-23(22-21-17)12-4-6-19-7-5-12)20-16-9-11-8-15(16)14-3-1-2-13(11)14;/h10-16,19H,1-9H2,(H,20,24);1H. The van der Waals surface area contributed by atoms with Crippen molar-refractivity contribution >= 4 is 18.3 Å². The Kier molecular flexibility index (Phi) is 4.75. The van der Waals surface area contributed by atoms with E-state index in [4.69, 9.17) is 0 Å². The summed E-state index contributed by atoms with van der Waals surface area (Å²) in [5.74, 6) is 3.38. The molecule has 4 aliphatic rings. The van der Waals surface area contributed by atoms with Crippen LogP contribution in [0.5, 0.6) is 0 Å². The van der Waals surface area contributed by atoms with Gasteiger partial charge in [-0.1, -0.05) is 11.6 Å². The Bertz CT molecular complexity index is 629. The number of fused-ring (bicyclic) bond motifs is 5. The predicted molar refractivity (Wildman–Crippen MR) is 96.7 cm³/mol. The van der Waals surface area contributed by atoms with Crippen molar-refractivity contribution in [1.82, 2.24) is 25.6 Å². The molecule has 2 N–H and O–H groups in total. The van der Waals surface area contributed by atoms with Crippen molar-refractivity contribution in [2.24, 2.45) is 23.7 Å². The lowest BCUT2D eigenvalue weighted by Crippen LogP contribution is -2.42. The quantitative estimate of drug-likeness (QED) is 0.861. The van der Waals surface area contributed by atoms with Crippen LogP contribution in [-0.2, 0) is 0 Å². The second-order valence-electron chi connectivity index (χ2n) is 8.30. The first-order valence-electron chi connectivity index (χ1n) is 9.73. The highest BCUT2D eigenvalue weighted by Gasteiger charge is 2.54. The lowest BCUT2D eigenvalue weighted by molar-refractivity contribution is 0.0896. The Labute approximate surface area is 154 Å². The van der Waals surface area contributed by atoms with E-state index in [0.29, 0.717) is 23.7 Å². The zero-order valence-corrected chi connectivity index (χ0v) is 15.4. The third kappa shape index (κ3) is 2.97. The number of hydrogen-bond acceptors (Lipinski definition) is 4. The maximum atomic E-state index is 12.6. The summed E-state index contributed by atoms with van der Waals surface area (Å²) in [6.45, 7) is 2.03. The number of hydrogen-bond donors (Lipinski definition) is 2. The van der Waals surface area contributed by atoms with Gasteiger partial charge < -0.3 is 10.6 Å². The van der Waals surface area contributed by atoms with Crippen molar-refractivity contribution in [3.63, 3.8) is 0 Å². The molecule has 5 unspecified atom stereocenters. The van der Waals surface area contributed by atoms with Crippen LogP contribution in [0.15, 0.2) is 6.20 Å². The molecule has 3 saturated carbocycles. The summed E-state index contributed by atoms with van der Waals surface area (Å²) in [5, 5.41) is 15.0. The summed E-state index contributed by atoms with van der Waals surface area (Å²) in [7, 11) is 0. The van der Waals surface area contributed by atoms with Crippen LogP contribution in [0.3, 0.4) is 0 Å². The molecule has 2 bridgehead atoms. The first-order valence-corrected chi connectivity index (χ1v) is 9.73. The van der Waals surface area contributed by atoms with E-state index < -0.39 is 0 Å². The van der Waals surface area contributed by atoms with Crippen molar-refractivity contribution in [2.75, 3.05) is 13.1 Å². The number of halogens is 1. The fourth-order valence-electron chi connectivity index (χ4n) is 6.11. The largest absolute Gasteiger partial charge is 0.348 e. The molecule has 1 aliphatic heterocycles. The van der Waals surface area contributed by atoms with Crippen LogP contribution in [0.4, 0.5) is 0 Å². The number of carbonyl (C=O) groups is 1. The van der Waals surface area contributed by atoms with Gasteiger partial charge in [0.1, 0.15) is 0 Å². The molecular weight excluding hydrogens is 338 g/mol. The fourth-order valence-corrected chi connectivity index (χ4v) is 6.11. The molecule has 5 atom stereocenters. The van der Waals surface area contributed by atoms with Crippen molar-refractivity contribution in [3.05, 3.63) is 11.9 Å². The van der Waals surface area contributed by atoms with Gasteiger partial charge in [0.25, 0.3) is 5.91 Å². The van der Waals surface area contributed by atoms with Gasteiger partial charge >= 0.3 is 0 Å². The van der Waals surface area contributed by atoms with Crippen LogP contribution >= 0.6 is 12.4 Å². The summed E-state index contributed by atoms with van der Waals surface area (Å²) in [6, 6.07) is 0.743. The topological polar surface area (TPSA) is 71.8 Å². The lowest BCUT2D eigenvalue weighted by atomic mass is 9.79. The predicted octanol–water partition coefficient (Wildman–Crippen LogP) is 2.18. The molecule has 1 saturated heterocycles. The average molecular weight is 366 g/mol. The zero-order chi connectivity index (χ0) is 16.1. The van der Waals surface area contributed by atoms with Crippen molar-refractivity contribution in [1.29, 1.82) is 0 Å². The molecule has 25 heavy (non-hydrogen) atoms. The highest BCUT2D eigenvalue weighted by Crippen LogP contribution is 2.58. The highest BCUT2D eigenvalue weighted by molar-refractivity contribution is 5.92. The summed E-state index contributed by atoms with van der Waals surface area (Å²) < 4.78 is 1.89. The fraction of sp³-hybridized carbons (Fsp3) is 0.833. The van der Waals surface area contributed by atoms with Gasteiger partial charge in [-0.25, -0.2) is 4.68 Å². The molecule has 1 aromatic heterocycles. The van der Waals surface area contributed by atoms with E-state index in [2.05, 4.69) is 20.9 Å². The number of amides is 1. The second-order valence-corrected chi connectivity index (χ2v) is 8.30. The monoisotopic (exact) mass is 365 g/mol. The van der Waals surface area contributed by atoms with Crippen molar-refractivity contribution < 1.29 is 4.79 Å². The number of rotatable bonds is 3. The number of nitrogens with zero attached hydrogens (tertiary/aromatic N) is 3. The third-order valence-corrected chi connectivity index (χ3v) is 7.17. The lowest BCUT2D eigenvalue weighted by Gasteiger charge is -2.31. The molecule has 2 heterocycles. The van der Waals surface area contributed by atoms with Crippen LogP contribution in [0, 0.1) is 23.7 Å². The van der Waals surface area contributed by atoms with Gasteiger partial charge in [-0.05, 0) is 75.3 Å². The Morgan fingerprint density at radius 2 is 1.92 bits per heavy atom. The molecule has 4 fully saturated rings. The Morgan fingerprint density at radius 1 is 1.12 bits per heavy atom. The Morgan fingerprint density at radius 3 is 2.76 bits per heavy atom. The molecule has 5 rings (SSSR count). The number of aromatic nitrogens is 3. The minimum atomic E-state index is -0.0257. The molecule has 1 amide bonds. The smallest absolute Gasteiger partial charge is 0.273 e. The second kappa shape index (κ2) is 6.88. The summed E-state index contributed by atoms with van der Waals surface area (Å²) in [6.07, 6.45) is 10.7. The van der Waals surface area contributed by atoms with E-state index in [1.807, 2.05) is 10.9 Å². The molecule has 3 aliphatic carbocycles. The van der Waals surface area contributed by atoms with Crippen LogP contribution < -0.4 is 10.6 Å². The summed E-state index contributed by atoms with van der Waals surface area (Å²) >= 11 is 0. The molecule has 1 aromatic rings. The van der Waals surface area contributed by atoms with Gasteiger partial charge in [-0.2, -0.15) is 0 Å². The third-order valence-electron chi connectivity index (χ3n) is 7.17. The minimum absolute atomic E-state index is 0. The van der Waals surface area contributed by atoms with E-state index >= 15 is 0 Å². The van der Waals surface area contributed by atoms with Crippen LogP contribution in [0.2, 0.25) is 0 Å². The van der Waals surface area contributed by atoms with Gasteiger partial charge in [-0.15, -0.1) is 17.5 Å². The Hall–Kier alpha value is -1.14.